The monoisotopic (exact) mass is 311 g/mol. The van der Waals surface area contributed by atoms with Crippen LogP contribution >= 0.6 is 0 Å². The molecule has 3 fully saturated rings. The molecule has 3 saturated carbocycles. The van der Waals surface area contributed by atoms with Gasteiger partial charge in [-0.25, -0.2) is 0 Å². The maximum Gasteiger partial charge on any atom is 0.267 e. The number of nitrogens with one attached hydrogen (secondary N) is 2. The van der Waals surface area contributed by atoms with Gasteiger partial charge in [0.2, 0.25) is 0 Å². The molecule has 23 heavy (non-hydrogen) atoms. The summed E-state index contributed by atoms with van der Waals surface area (Å²) >= 11 is 0. The van der Waals surface area contributed by atoms with Crippen molar-refractivity contribution in [3.05, 3.63) is 29.7 Å². The average molecular weight is 311 g/mol. The van der Waals surface area contributed by atoms with E-state index in [1.807, 2.05) is 19.1 Å². The molecule has 3 aliphatic carbocycles. The second-order valence-electron chi connectivity index (χ2n) is 8.13. The third-order valence-corrected chi connectivity index (χ3v) is 6.56. The Hall–Kier alpha value is -1.84. The lowest BCUT2D eigenvalue weighted by atomic mass is 9.45. The lowest BCUT2D eigenvalue weighted by Crippen LogP contribution is -2.60. The van der Waals surface area contributed by atoms with E-state index in [2.05, 4.69) is 36.1 Å². The first kappa shape index (κ1) is 14.7. The van der Waals surface area contributed by atoms with Gasteiger partial charge in [-0.1, -0.05) is 20.8 Å². The summed E-state index contributed by atoms with van der Waals surface area (Å²) in [6.07, 6.45) is 4.23. The first-order valence-corrected chi connectivity index (χ1v) is 8.62. The van der Waals surface area contributed by atoms with Crippen LogP contribution in [0.15, 0.2) is 18.3 Å². The summed E-state index contributed by atoms with van der Waals surface area (Å²) in [6, 6.07) is 4.23. The minimum atomic E-state index is 0.00908. The molecule has 0 radical (unpaired) electrons. The zero-order valence-electron chi connectivity index (χ0n) is 14.3. The van der Waals surface area contributed by atoms with Crippen molar-refractivity contribution in [1.29, 1.82) is 0 Å². The van der Waals surface area contributed by atoms with Crippen molar-refractivity contribution in [2.75, 3.05) is 0 Å². The number of aromatic nitrogens is 2. The predicted molar refractivity (Wildman–Crippen MR) is 91.2 cm³/mol. The molecule has 0 aromatic carbocycles. The molecule has 122 valence electrons. The van der Waals surface area contributed by atoms with Crippen molar-refractivity contribution < 1.29 is 4.79 Å². The van der Waals surface area contributed by atoms with Gasteiger partial charge >= 0.3 is 0 Å². The molecular weight excluding hydrogens is 286 g/mol. The van der Waals surface area contributed by atoms with Crippen LogP contribution in [0.1, 0.15) is 49.8 Å². The van der Waals surface area contributed by atoms with Gasteiger partial charge in [0.25, 0.3) is 5.91 Å². The van der Waals surface area contributed by atoms with Crippen LogP contribution in [0.25, 0.3) is 10.9 Å². The Balaban J connectivity index is 1.51. The van der Waals surface area contributed by atoms with Gasteiger partial charge in [-0.15, -0.1) is 0 Å². The molecule has 0 aliphatic heterocycles. The molecule has 2 heterocycles. The highest BCUT2D eigenvalue weighted by Crippen LogP contribution is 2.61. The number of carbonyl (C=O) groups is 1. The molecule has 1 amide bonds. The van der Waals surface area contributed by atoms with E-state index in [0.717, 1.165) is 34.9 Å². The fourth-order valence-corrected chi connectivity index (χ4v) is 4.85. The molecular formula is C19H25N3O. The first-order valence-electron chi connectivity index (χ1n) is 8.62. The molecule has 5 rings (SSSR count). The summed E-state index contributed by atoms with van der Waals surface area (Å²) in [4.78, 5) is 20.1. The van der Waals surface area contributed by atoms with Crippen LogP contribution in [0.3, 0.4) is 0 Å². The van der Waals surface area contributed by atoms with Crippen LogP contribution < -0.4 is 5.32 Å². The number of carbonyl (C=O) groups excluding carboxylic acids is 1. The van der Waals surface area contributed by atoms with Gasteiger partial charge in [-0.3, -0.25) is 9.78 Å². The minimum absolute atomic E-state index is 0.00908. The van der Waals surface area contributed by atoms with Gasteiger partial charge in [0.05, 0.1) is 11.7 Å². The van der Waals surface area contributed by atoms with Crippen LogP contribution in [0.2, 0.25) is 0 Å². The van der Waals surface area contributed by atoms with Gasteiger partial charge in [-0.2, -0.15) is 0 Å². The van der Waals surface area contributed by atoms with E-state index in [0.29, 0.717) is 23.1 Å². The van der Waals surface area contributed by atoms with Gasteiger partial charge < -0.3 is 10.3 Å². The number of aromatic amines is 1. The van der Waals surface area contributed by atoms with Gasteiger partial charge in [0.1, 0.15) is 5.69 Å². The van der Waals surface area contributed by atoms with Crippen molar-refractivity contribution in [2.24, 2.45) is 23.2 Å². The molecule has 3 aliphatic rings. The van der Waals surface area contributed by atoms with Crippen LogP contribution in [-0.2, 0) is 0 Å². The third-order valence-electron chi connectivity index (χ3n) is 6.56. The van der Waals surface area contributed by atoms with E-state index in [-0.39, 0.29) is 5.91 Å². The molecule has 2 bridgehead atoms. The quantitative estimate of drug-likeness (QED) is 0.889. The van der Waals surface area contributed by atoms with E-state index < -0.39 is 0 Å². The van der Waals surface area contributed by atoms with Crippen LogP contribution in [0.5, 0.6) is 0 Å². The molecule has 4 atom stereocenters. The van der Waals surface area contributed by atoms with Crippen molar-refractivity contribution in [2.45, 2.75) is 46.6 Å². The van der Waals surface area contributed by atoms with Crippen LogP contribution in [0, 0.1) is 30.1 Å². The first-order chi connectivity index (χ1) is 10.9. The van der Waals surface area contributed by atoms with Gasteiger partial charge in [0, 0.05) is 17.1 Å². The third kappa shape index (κ3) is 2.19. The molecule has 0 spiro atoms. The topological polar surface area (TPSA) is 57.8 Å². The summed E-state index contributed by atoms with van der Waals surface area (Å²) < 4.78 is 0. The lowest BCUT2D eigenvalue weighted by Gasteiger charge is -2.62. The molecule has 2 aromatic heterocycles. The molecule has 2 aromatic rings. The zero-order chi connectivity index (χ0) is 16.4. The zero-order valence-corrected chi connectivity index (χ0v) is 14.3. The number of pyridine rings is 1. The minimum Gasteiger partial charge on any atom is -0.349 e. The summed E-state index contributed by atoms with van der Waals surface area (Å²) in [5.41, 5.74) is 2.97. The predicted octanol–water partition coefficient (Wildman–Crippen LogP) is 3.67. The van der Waals surface area contributed by atoms with E-state index in [1.54, 1.807) is 6.20 Å². The fraction of sp³-hybridized carbons (Fsp3) is 0.579. The highest BCUT2D eigenvalue weighted by molar-refractivity contribution is 5.98. The second-order valence-corrected chi connectivity index (χ2v) is 8.13. The van der Waals surface area contributed by atoms with E-state index in [4.69, 9.17) is 0 Å². The van der Waals surface area contributed by atoms with Crippen molar-refractivity contribution in [1.82, 2.24) is 15.3 Å². The number of hydrogen-bond donors (Lipinski definition) is 2. The number of hydrogen-bond acceptors (Lipinski definition) is 2. The number of fused-ring (bicyclic) bond motifs is 3. The highest BCUT2D eigenvalue weighted by atomic mass is 16.1. The normalized spacial score (nSPS) is 31.7. The van der Waals surface area contributed by atoms with Crippen LogP contribution in [0.4, 0.5) is 0 Å². The number of amides is 1. The Morgan fingerprint density at radius 2 is 2.13 bits per heavy atom. The SMILES string of the molecule is Cc1cc2cc(C(=O)N[C@H]3C[C@H]4C[C@@H]([C@@H]3C)C4(C)C)[nH]c2cn1. The summed E-state index contributed by atoms with van der Waals surface area (Å²) in [7, 11) is 0. The molecule has 0 unspecified atom stereocenters. The standard InChI is InChI=1S/C19H25N3O/c1-10-5-12-6-16(21-17(12)9-20-10)18(23)22-15-8-13-7-14(11(15)2)19(13,3)4/h5-6,9,11,13-15,21H,7-8H2,1-4H3,(H,22,23)/t11-,13+,14-,15-/m0/s1. The Morgan fingerprint density at radius 1 is 1.35 bits per heavy atom. The Labute approximate surface area is 137 Å². The maximum atomic E-state index is 12.6. The number of H-pyrrole nitrogens is 1. The summed E-state index contributed by atoms with van der Waals surface area (Å²) in [5.74, 6) is 2.05. The summed E-state index contributed by atoms with van der Waals surface area (Å²) in [6.45, 7) is 9.02. The Bertz CT molecular complexity index is 776. The highest BCUT2D eigenvalue weighted by Gasteiger charge is 2.56. The summed E-state index contributed by atoms with van der Waals surface area (Å²) in [5, 5.41) is 4.31. The molecule has 0 saturated heterocycles. The average Bonchev–Trinajstić information content (AvgIpc) is 2.91. The molecule has 4 heteroatoms. The van der Waals surface area contributed by atoms with Crippen LogP contribution in [-0.4, -0.2) is 21.9 Å². The van der Waals surface area contributed by atoms with Gasteiger partial charge in [-0.05, 0) is 55.1 Å². The van der Waals surface area contributed by atoms with Crippen molar-refractivity contribution in [3.8, 4) is 0 Å². The molecule has 2 N–H and O–H groups in total. The van der Waals surface area contributed by atoms with Crippen molar-refractivity contribution >= 4 is 16.8 Å². The fourth-order valence-electron chi connectivity index (χ4n) is 4.85. The van der Waals surface area contributed by atoms with E-state index in [9.17, 15) is 4.79 Å². The smallest absolute Gasteiger partial charge is 0.267 e. The Kier molecular flexibility index (Phi) is 3.09. The van der Waals surface area contributed by atoms with E-state index >= 15 is 0 Å². The van der Waals surface area contributed by atoms with Crippen molar-refractivity contribution in [3.63, 3.8) is 0 Å². The number of rotatable bonds is 2. The second kappa shape index (κ2) is 4.83. The largest absolute Gasteiger partial charge is 0.349 e. The molecule has 4 nitrogen and oxygen atoms in total. The maximum absolute atomic E-state index is 12.6. The van der Waals surface area contributed by atoms with Gasteiger partial charge in [0.15, 0.2) is 0 Å². The Morgan fingerprint density at radius 3 is 2.83 bits per heavy atom. The van der Waals surface area contributed by atoms with E-state index in [1.165, 1.54) is 6.42 Å². The number of aryl methyl sites for hydroxylation is 1. The number of nitrogens with zero attached hydrogens (tertiary/aromatic N) is 1. The lowest BCUT2D eigenvalue weighted by molar-refractivity contribution is -0.113.